The van der Waals surface area contributed by atoms with Crippen molar-refractivity contribution in [1.29, 1.82) is 0 Å². The standard InChI is InChI=1S/C30H30F9N5O3/c31-28(32,33)22-2-1-20(3-5-40-6-4-26(45)46)21(13-22)18-44(27-41-15-25(16-42-27)43-7-9-47-10-8-43)17-19-11-23(29(34,35)36)14-24(12-19)30(37,38)39/h1-2,11-16,40H,3-10,17-18H2,(H,45,46). The van der Waals surface area contributed by atoms with Gasteiger partial charge in [-0.3, -0.25) is 4.79 Å². The number of hydrogen-bond acceptors (Lipinski definition) is 7. The molecule has 2 heterocycles. The van der Waals surface area contributed by atoms with Crippen LogP contribution in [0.4, 0.5) is 51.1 Å². The molecule has 3 aromatic rings. The van der Waals surface area contributed by atoms with Crippen LogP contribution in [0, 0.1) is 0 Å². The van der Waals surface area contributed by atoms with Gasteiger partial charge in [-0.25, -0.2) is 9.97 Å². The number of carboxylic acid groups (broad SMARTS) is 1. The number of nitrogens with one attached hydrogen (secondary N) is 1. The van der Waals surface area contributed by atoms with Gasteiger partial charge < -0.3 is 25.0 Å². The molecule has 0 unspecified atom stereocenters. The van der Waals surface area contributed by atoms with Gasteiger partial charge in [0.15, 0.2) is 0 Å². The molecule has 2 N–H and O–H groups in total. The third-order valence-corrected chi connectivity index (χ3v) is 7.29. The van der Waals surface area contributed by atoms with Crippen LogP contribution in [0.25, 0.3) is 0 Å². The van der Waals surface area contributed by atoms with E-state index < -0.39 is 59.8 Å². The van der Waals surface area contributed by atoms with E-state index in [0.717, 1.165) is 12.1 Å². The van der Waals surface area contributed by atoms with Crippen molar-refractivity contribution in [3.63, 3.8) is 0 Å². The highest BCUT2D eigenvalue weighted by atomic mass is 19.4. The maximum absolute atomic E-state index is 13.7. The predicted molar refractivity (Wildman–Crippen MR) is 152 cm³/mol. The fourth-order valence-electron chi connectivity index (χ4n) is 4.93. The van der Waals surface area contributed by atoms with Gasteiger partial charge >= 0.3 is 24.5 Å². The fourth-order valence-corrected chi connectivity index (χ4v) is 4.93. The van der Waals surface area contributed by atoms with E-state index in [0.29, 0.717) is 49.7 Å². The quantitative estimate of drug-likeness (QED) is 0.173. The van der Waals surface area contributed by atoms with Gasteiger partial charge in [0.05, 0.1) is 54.4 Å². The van der Waals surface area contributed by atoms with E-state index in [1.165, 1.54) is 23.4 Å². The van der Waals surface area contributed by atoms with Crippen LogP contribution in [0.2, 0.25) is 0 Å². The maximum Gasteiger partial charge on any atom is 0.416 e. The average molecular weight is 680 g/mol. The highest BCUT2D eigenvalue weighted by Crippen LogP contribution is 2.37. The molecule has 1 aliphatic rings. The zero-order valence-corrected chi connectivity index (χ0v) is 24.6. The number of anilines is 2. The topological polar surface area (TPSA) is 90.8 Å². The third-order valence-electron chi connectivity index (χ3n) is 7.29. The van der Waals surface area contributed by atoms with Crippen LogP contribution in [0.1, 0.15) is 39.8 Å². The highest BCUT2D eigenvalue weighted by molar-refractivity contribution is 5.66. The van der Waals surface area contributed by atoms with Gasteiger partial charge in [0.1, 0.15) is 0 Å². The van der Waals surface area contributed by atoms with Gasteiger partial charge in [0.25, 0.3) is 0 Å². The van der Waals surface area contributed by atoms with E-state index in [1.54, 1.807) is 0 Å². The molecule has 4 rings (SSSR count). The van der Waals surface area contributed by atoms with E-state index in [9.17, 15) is 44.3 Å². The number of aliphatic carboxylic acids is 1. The van der Waals surface area contributed by atoms with Gasteiger partial charge in [0, 0.05) is 32.7 Å². The van der Waals surface area contributed by atoms with Crippen LogP contribution in [0.3, 0.4) is 0 Å². The Kier molecular flexibility index (Phi) is 11.2. The number of carboxylic acids is 1. The largest absolute Gasteiger partial charge is 0.481 e. The second kappa shape index (κ2) is 14.8. The van der Waals surface area contributed by atoms with Crippen LogP contribution in [0.5, 0.6) is 0 Å². The van der Waals surface area contributed by atoms with Crippen molar-refractivity contribution >= 4 is 17.6 Å². The lowest BCUT2D eigenvalue weighted by Gasteiger charge is -2.29. The molecule has 47 heavy (non-hydrogen) atoms. The third kappa shape index (κ3) is 10.2. The van der Waals surface area contributed by atoms with E-state index in [1.807, 2.05) is 4.90 Å². The van der Waals surface area contributed by atoms with Crippen molar-refractivity contribution in [3.05, 3.63) is 82.2 Å². The predicted octanol–water partition coefficient (Wildman–Crippen LogP) is 6.18. The lowest BCUT2D eigenvalue weighted by atomic mass is 9.99. The van der Waals surface area contributed by atoms with Gasteiger partial charge in [-0.05, 0) is 60.0 Å². The number of halogens is 9. The Morgan fingerprint density at radius 2 is 1.40 bits per heavy atom. The summed E-state index contributed by atoms with van der Waals surface area (Å²) in [6, 6.07) is 4.02. The number of benzene rings is 2. The van der Waals surface area contributed by atoms with Crippen LogP contribution < -0.4 is 15.1 Å². The minimum absolute atomic E-state index is 0.0102. The first-order chi connectivity index (χ1) is 22.0. The van der Waals surface area contributed by atoms with Gasteiger partial charge in [-0.2, -0.15) is 39.5 Å². The molecule has 2 aromatic carbocycles. The minimum atomic E-state index is -5.11. The average Bonchev–Trinajstić information content (AvgIpc) is 3.00. The Morgan fingerprint density at radius 1 is 0.809 bits per heavy atom. The van der Waals surface area contributed by atoms with Crippen molar-refractivity contribution in [3.8, 4) is 0 Å². The summed E-state index contributed by atoms with van der Waals surface area (Å²) in [6.07, 6.45) is -12.2. The molecule has 8 nitrogen and oxygen atoms in total. The SMILES string of the molecule is O=C(O)CCNCCc1ccc(C(F)(F)F)cc1CN(Cc1cc(C(F)(F)F)cc(C(F)(F)F)c1)c1ncc(N2CCOCC2)cn1. The number of morpholine rings is 1. The summed E-state index contributed by atoms with van der Waals surface area (Å²) in [6.45, 7) is 1.16. The molecule has 1 aromatic heterocycles. The lowest BCUT2D eigenvalue weighted by molar-refractivity contribution is -0.143. The molecule has 0 saturated carbocycles. The van der Waals surface area contributed by atoms with Crippen molar-refractivity contribution in [2.75, 3.05) is 49.2 Å². The molecule has 1 fully saturated rings. The molecular weight excluding hydrogens is 649 g/mol. The Hall–Kier alpha value is -4.12. The van der Waals surface area contributed by atoms with E-state index >= 15 is 0 Å². The monoisotopic (exact) mass is 679 g/mol. The second-order valence-electron chi connectivity index (χ2n) is 10.7. The molecule has 1 aliphatic heterocycles. The van der Waals surface area contributed by atoms with E-state index in [4.69, 9.17) is 9.84 Å². The summed E-state index contributed by atoms with van der Waals surface area (Å²) in [5, 5.41) is 11.7. The number of ether oxygens (including phenoxy) is 1. The van der Waals surface area contributed by atoms with Crippen LogP contribution in [-0.4, -0.2) is 60.4 Å². The number of aromatic nitrogens is 2. The highest BCUT2D eigenvalue weighted by Gasteiger charge is 2.37. The van der Waals surface area contributed by atoms with Crippen LogP contribution in [0.15, 0.2) is 48.8 Å². The van der Waals surface area contributed by atoms with Crippen molar-refractivity contribution in [1.82, 2.24) is 15.3 Å². The fraction of sp³-hybridized carbons (Fsp3) is 0.433. The van der Waals surface area contributed by atoms with Crippen LogP contribution in [-0.2, 0) is 47.6 Å². The van der Waals surface area contributed by atoms with Gasteiger partial charge in [-0.1, -0.05) is 6.07 Å². The number of carbonyl (C=O) groups is 1. The molecule has 1 saturated heterocycles. The zero-order valence-electron chi connectivity index (χ0n) is 24.6. The number of nitrogens with zero attached hydrogens (tertiary/aromatic N) is 4. The summed E-state index contributed by atoms with van der Waals surface area (Å²) in [4.78, 5) is 22.5. The van der Waals surface area contributed by atoms with Gasteiger partial charge in [-0.15, -0.1) is 0 Å². The Morgan fingerprint density at radius 3 is 1.96 bits per heavy atom. The first-order valence-corrected chi connectivity index (χ1v) is 14.3. The number of hydrogen-bond donors (Lipinski definition) is 2. The molecule has 17 heteroatoms. The molecule has 0 spiro atoms. The van der Waals surface area contributed by atoms with E-state index in [-0.39, 0.29) is 43.5 Å². The van der Waals surface area contributed by atoms with Crippen LogP contribution >= 0.6 is 0 Å². The Labute approximate surface area is 263 Å². The minimum Gasteiger partial charge on any atom is -0.481 e. The number of rotatable bonds is 12. The Balaban J connectivity index is 1.74. The van der Waals surface area contributed by atoms with Crippen molar-refractivity contribution in [2.24, 2.45) is 0 Å². The molecule has 0 amide bonds. The zero-order chi connectivity index (χ0) is 34.4. The first-order valence-electron chi connectivity index (χ1n) is 14.3. The summed E-state index contributed by atoms with van der Waals surface area (Å²) >= 11 is 0. The Bertz CT molecular complexity index is 1470. The smallest absolute Gasteiger partial charge is 0.416 e. The first kappa shape index (κ1) is 35.7. The molecule has 256 valence electrons. The maximum atomic E-state index is 13.7. The summed E-state index contributed by atoms with van der Waals surface area (Å²) in [5.74, 6) is -1.19. The molecule has 0 atom stereocenters. The van der Waals surface area contributed by atoms with Gasteiger partial charge in [0.2, 0.25) is 5.95 Å². The molecule has 0 radical (unpaired) electrons. The lowest BCUT2D eigenvalue weighted by Crippen LogP contribution is -2.36. The second-order valence-corrected chi connectivity index (χ2v) is 10.7. The number of alkyl halides is 9. The summed E-state index contributed by atoms with van der Waals surface area (Å²) in [7, 11) is 0. The molecular formula is C30H30F9N5O3. The summed E-state index contributed by atoms with van der Waals surface area (Å²) in [5.41, 5.74) is -3.49. The van der Waals surface area contributed by atoms with Crippen molar-refractivity contribution in [2.45, 2.75) is 44.5 Å². The molecule has 0 bridgehead atoms. The summed E-state index contributed by atoms with van der Waals surface area (Å²) < 4.78 is 128. The van der Waals surface area contributed by atoms with E-state index in [2.05, 4.69) is 15.3 Å². The van der Waals surface area contributed by atoms with Crippen molar-refractivity contribution < 1.29 is 54.2 Å². The molecule has 0 aliphatic carbocycles. The normalized spacial score (nSPS) is 14.4.